The van der Waals surface area contributed by atoms with E-state index in [9.17, 15) is 9.59 Å². The molecule has 3 rings (SSSR count). The van der Waals surface area contributed by atoms with E-state index in [0.29, 0.717) is 5.13 Å². The molecule has 0 radical (unpaired) electrons. The highest BCUT2D eigenvalue weighted by Crippen LogP contribution is 2.28. The maximum absolute atomic E-state index is 12.7. The Balaban J connectivity index is 1.67. The van der Waals surface area contributed by atoms with Gasteiger partial charge in [0, 0.05) is 24.4 Å². The molecule has 2 aromatic rings. The van der Waals surface area contributed by atoms with Crippen molar-refractivity contribution in [3.05, 3.63) is 34.7 Å². The number of nitrogens with one attached hydrogen (secondary N) is 2. The smallest absolute Gasteiger partial charge is 0.287 e. The van der Waals surface area contributed by atoms with Crippen molar-refractivity contribution >= 4 is 28.3 Å². The lowest BCUT2D eigenvalue weighted by Gasteiger charge is -2.23. The maximum Gasteiger partial charge on any atom is 0.287 e. The summed E-state index contributed by atoms with van der Waals surface area (Å²) in [7, 11) is 0. The number of thiazole rings is 1. The number of rotatable bonds is 6. The van der Waals surface area contributed by atoms with E-state index < -0.39 is 11.9 Å². The Hall–Kier alpha value is -2.19. The molecular formula is C18H24N4O3S. The van der Waals surface area contributed by atoms with Gasteiger partial charge in [0.15, 0.2) is 10.9 Å². The van der Waals surface area contributed by atoms with Crippen molar-refractivity contribution in [2.45, 2.75) is 39.8 Å². The lowest BCUT2D eigenvalue weighted by Crippen LogP contribution is -2.47. The molecule has 2 N–H and O–H groups in total. The van der Waals surface area contributed by atoms with Crippen LogP contribution in [0.15, 0.2) is 22.8 Å². The Morgan fingerprint density at radius 3 is 2.88 bits per heavy atom. The SMILES string of the molecule is CCN1CCc2nc(NC(=O)C(NC(=O)c3ccco3)C(C)C)sc2C1. The van der Waals surface area contributed by atoms with Gasteiger partial charge in [-0.3, -0.25) is 14.5 Å². The number of aromatic nitrogens is 1. The summed E-state index contributed by atoms with van der Waals surface area (Å²) >= 11 is 1.51. The van der Waals surface area contributed by atoms with Crippen LogP contribution in [0.25, 0.3) is 0 Å². The second-order valence-electron chi connectivity index (χ2n) is 6.67. The Morgan fingerprint density at radius 1 is 1.42 bits per heavy atom. The van der Waals surface area contributed by atoms with Crippen LogP contribution >= 0.6 is 11.3 Å². The topological polar surface area (TPSA) is 87.5 Å². The first-order valence-corrected chi connectivity index (χ1v) is 9.65. The number of likely N-dealkylation sites (N-methyl/N-ethyl adjacent to an activating group) is 1. The number of fused-ring (bicyclic) bond motifs is 1. The van der Waals surface area contributed by atoms with Crippen LogP contribution < -0.4 is 10.6 Å². The van der Waals surface area contributed by atoms with Gasteiger partial charge in [-0.25, -0.2) is 4.98 Å². The van der Waals surface area contributed by atoms with E-state index >= 15 is 0 Å². The van der Waals surface area contributed by atoms with Crippen LogP contribution in [0.3, 0.4) is 0 Å². The van der Waals surface area contributed by atoms with Gasteiger partial charge in [-0.2, -0.15) is 0 Å². The van der Waals surface area contributed by atoms with E-state index in [2.05, 4.69) is 27.4 Å². The normalized spacial score (nSPS) is 15.5. The highest BCUT2D eigenvalue weighted by Gasteiger charge is 2.27. The molecule has 1 atom stereocenters. The zero-order valence-electron chi connectivity index (χ0n) is 15.2. The van der Waals surface area contributed by atoms with Crippen molar-refractivity contribution in [2.24, 2.45) is 5.92 Å². The van der Waals surface area contributed by atoms with E-state index in [-0.39, 0.29) is 17.6 Å². The number of hydrogen-bond acceptors (Lipinski definition) is 6. The molecule has 1 aliphatic heterocycles. The molecule has 140 valence electrons. The van der Waals surface area contributed by atoms with Gasteiger partial charge in [-0.15, -0.1) is 11.3 Å². The van der Waals surface area contributed by atoms with Gasteiger partial charge in [0.05, 0.1) is 12.0 Å². The van der Waals surface area contributed by atoms with E-state index in [4.69, 9.17) is 4.42 Å². The van der Waals surface area contributed by atoms with Crippen molar-refractivity contribution in [2.75, 3.05) is 18.4 Å². The van der Waals surface area contributed by atoms with Gasteiger partial charge < -0.3 is 15.1 Å². The molecule has 0 saturated carbocycles. The van der Waals surface area contributed by atoms with E-state index in [1.165, 1.54) is 22.5 Å². The highest BCUT2D eigenvalue weighted by atomic mass is 32.1. The first-order chi connectivity index (χ1) is 12.5. The summed E-state index contributed by atoms with van der Waals surface area (Å²) < 4.78 is 5.09. The molecule has 0 aromatic carbocycles. The molecule has 0 fully saturated rings. The van der Waals surface area contributed by atoms with Crippen LogP contribution in [0.4, 0.5) is 5.13 Å². The van der Waals surface area contributed by atoms with Gasteiger partial charge >= 0.3 is 0 Å². The number of hydrogen-bond donors (Lipinski definition) is 2. The third-order valence-electron chi connectivity index (χ3n) is 4.47. The molecule has 8 heteroatoms. The molecule has 1 aliphatic rings. The molecule has 2 aromatic heterocycles. The minimum Gasteiger partial charge on any atom is -0.459 e. The Bertz CT molecular complexity index is 770. The van der Waals surface area contributed by atoms with Crippen LogP contribution in [-0.4, -0.2) is 40.8 Å². The maximum atomic E-state index is 12.7. The number of nitrogens with zero attached hydrogens (tertiary/aromatic N) is 2. The van der Waals surface area contributed by atoms with E-state index in [0.717, 1.165) is 31.7 Å². The summed E-state index contributed by atoms with van der Waals surface area (Å²) in [6, 6.07) is 2.54. The van der Waals surface area contributed by atoms with Crippen molar-refractivity contribution in [3.8, 4) is 0 Å². The Morgan fingerprint density at radius 2 is 2.23 bits per heavy atom. The number of furan rings is 1. The molecule has 26 heavy (non-hydrogen) atoms. The Labute approximate surface area is 156 Å². The standard InChI is InChI=1S/C18H24N4O3S/c1-4-22-8-7-12-14(10-22)26-18(19-12)21-17(24)15(11(2)3)20-16(23)13-6-5-9-25-13/h5-6,9,11,15H,4,7-8,10H2,1-3H3,(H,20,23)(H,19,21,24). The largest absolute Gasteiger partial charge is 0.459 e. The summed E-state index contributed by atoms with van der Waals surface area (Å²) in [6.07, 6.45) is 2.33. The molecule has 0 saturated heterocycles. The Kier molecular flexibility index (Phi) is 5.73. The van der Waals surface area contributed by atoms with Gasteiger partial charge in [0.25, 0.3) is 5.91 Å². The van der Waals surface area contributed by atoms with Crippen LogP contribution in [0, 0.1) is 5.92 Å². The summed E-state index contributed by atoms with van der Waals surface area (Å²) in [5.74, 6) is -0.550. The number of anilines is 1. The highest BCUT2D eigenvalue weighted by molar-refractivity contribution is 7.15. The second kappa shape index (κ2) is 8.01. The van der Waals surface area contributed by atoms with Crippen LogP contribution in [-0.2, 0) is 17.8 Å². The quantitative estimate of drug-likeness (QED) is 0.809. The molecule has 7 nitrogen and oxygen atoms in total. The first kappa shape index (κ1) is 18.6. The minimum absolute atomic E-state index is 0.0703. The van der Waals surface area contributed by atoms with Crippen molar-refractivity contribution in [1.29, 1.82) is 0 Å². The summed E-state index contributed by atoms with van der Waals surface area (Å²) in [5.41, 5.74) is 1.07. The van der Waals surface area contributed by atoms with Crippen LogP contribution in [0.5, 0.6) is 0 Å². The third kappa shape index (κ3) is 4.13. The van der Waals surface area contributed by atoms with Gasteiger partial charge in [-0.05, 0) is 24.6 Å². The predicted molar refractivity (Wildman–Crippen MR) is 100 cm³/mol. The number of amides is 2. The van der Waals surface area contributed by atoms with E-state index in [1.807, 2.05) is 13.8 Å². The van der Waals surface area contributed by atoms with Crippen molar-refractivity contribution in [3.63, 3.8) is 0 Å². The molecule has 0 aliphatic carbocycles. The molecule has 0 spiro atoms. The number of carbonyl (C=O) groups excluding carboxylic acids is 2. The average molecular weight is 376 g/mol. The molecule has 0 bridgehead atoms. The fourth-order valence-corrected chi connectivity index (χ4v) is 3.96. The number of carbonyl (C=O) groups is 2. The van der Waals surface area contributed by atoms with E-state index in [1.54, 1.807) is 12.1 Å². The molecule has 2 amide bonds. The third-order valence-corrected chi connectivity index (χ3v) is 5.47. The van der Waals surface area contributed by atoms with Crippen molar-refractivity contribution < 1.29 is 14.0 Å². The van der Waals surface area contributed by atoms with Crippen LogP contribution in [0.2, 0.25) is 0 Å². The van der Waals surface area contributed by atoms with Gasteiger partial charge in [0.1, 0.15) is 6.04 Å². The fourth-order valence-electron chi connectivity index (χ4n) is 2.91. The van der Waals surface area contributed by atoms with Crippen LogP contribution in [0.1, 0.15) is 41.9 Å². The van der Waals surface area contributed by atoms with Gasteiger partial charge in [0.2, 0.25) is 5.91 Å². The zero-order chi connectivity index (χ0) is 18.7. The first-order valence-electron chi connectivity index (χ1n) is 8.84. The lowest BCUT2D eigenvalue weighted by atomic mass is 10.0. The average Bonchev–Trinajstić information content (AvgIpc) is 3.27. The summed E-state index contributed by atoms with van der Waals surface area (Å²) in [4.78, 5) is 33.0. The molecule has 1 unspecified atom stereocenters. The second-order valence-corrected chi connectivity index (χ2v) is 7.75. The van der Waals surface area contributed by atoms with Gasteiger partial charge in [-0.1, -0.05) is 20.8 Å². The zero-order valence-corrected chi connectivity index (χ0v) is 16.1. The van der Waals surface area contributed by atoms with Crippen molar-refractivity contribution in [1.82, 2.24) is 15.2 Å². The molecular weight excluding hydrogens is 352 g/mol. The minimum atomic E-state index is -0.666. The fraction of sp³-hybridized carbons (Fsp3) is 0.500. The predicted octanol–water partition coefficient (Wildman–Crippen LogP) is 2.51. The monoisotopic (exact) mass is 376 g/mol. The molecule has 3 heterocycles. The lowest BCUT2D eigenvalue weighted by molar-refractivity contribution is -0.118. The summed E-state index contributed by atoms with van der Waals surface area (Å²) in [6.45, 7) is 8.80. The summed E-state index contributed by atoms with van der Waals surface area (Å²) in [5, 5.41) is 6.20.